The highest BCUT2D eigenvalue weighted by Crippen LogP contribution is 2.10. The lowest BCUT2D eigenvalue weighted by molar-refractivity contribution is 0.632. The fourth-order valence-electron chi connectivity index (χ4n) is 1.91. The van der Waals surface area contributed by atoms with Crippen LogP contribution >= 0.6 is 11.3 Å². The molecule has 0 bridgehead atoms. The Bertz CT molecular complexity index is 587. The second-order valence-electron chi connectivity index (χ2n) is 4.49. The van der Waals surface area contributed by atoms with Gasteiger partial charge >= 0.3 is 0 Å². The van der Waals surface area contributed by atoms with Gasteiger partial charge in [-0.2, -0.15) is 0 Å². The molecule has 2 N–H and O–H groups in total. The topological polar surface area (TPSA) is 80.0 Å². The Morgan fingerprint density at radius 2 is 2.29 bits per heavy atom. The first-order chi connectivity index (χ1) is 10.2. The number of aliphatic imine (C=N–C) groups is 1. The van der Waals surface area contributed by atoms with Crippen molar-refractivity contribution in [3.05, 3.63) is 28.2 Å². The van der Waals surface area contributed by atoms with Crippen molar-refractivity contribution in [3.8, 4) is 0 Å². The molecule has 0 aliphatic rings. The lowest BCUT2D eigenvalue weighted by atomic mass is 10.4. The Labute approximate surface area is 128 Å². The summed E-state index contributed by atoms with van der Waals surface area (Å²) in [6.07, 6.45) is 4.54. The molecule has 2 aromatic rings. The van der Waals surface area contributed by atoms with E-state index >= 15 is 0 Å². The van der Waals surface area contributed by atoms with E-state index in [1.807, 2.05) is 17.7 Å². The zero-order valence-electron chi connectivity index (χ0n) is 12.6. The molecule has 0 radical (unpaired) electrons. The molecule has 7 nitrogen and oxygen atoms in total. The number of hydrogen-bond acceptors (Lipinski definition) is 5. The van der Waals surface area contributed by atoms with Crippen molar-refractivity contribution in [2.24, 2.45) is 4.99 Å². The van der Waals surface area contributed by atoms with Crippen LogP contribution in [0.2, 0.25) is 0 Å². The van der Waals surface area contributed by atoms with E-state index in [1.165, 1.54) is 4.88 Å². The molecule has 2 rings (SSSR count). The van der Waals surface area contributed by atoms with Gasteiger partial charge in [-0.05, 0) is 6.92 Å². The first-order valence-corrected chi connectivity index (χ1v) is 7.77. The molecule has 0 fully saturated rings. The van der Waals surface area contributed by atoms with Crippen LogP contribution in [0.1, 0.15) is 22.6 Å². The van der Waals surface area contributed by atoms with Crippen LogP contribution in [0.3, 0.4) is 0 Å². The van der Waals surface area contributed by atoms with Gasteiger partial charge in [0, 0.05) is 37.6 Å². The Morgan fingerprint density at radius 1 is 1.43 bits per heavy atom. The van der Waals surface area contributed by atoms with E-state index in [2.05, 4.69) is 37.7 Å². The number of nitrogens with one attached hydrogen (secondary N) is 2. The Morgan fingerprint density at radius 3 is 2.95 bits per heavy atom. The van der Waals surface area contributed by atoms with E-state index in [4.69, 9.17) is 0 Å². The highest BCUT2D eigenvalue weighted by Gasteiger charge is 2.03. The Hall–Kier alpha value is -1.96. The largest absolute Gasteiger partial charge is 0.355 e. The number of aryl methyl sites for hydroxylation is 2. The first-order valence-electron chi connectivity index (χ1n) is 6.95. The van der Waals surface area contributed by atoms with E-state index in [0.717, 1.165) is 42.8 Å². The standard InChI is InChI=1S/C13H21N7S/c1-4-12-19-18-9-20(12)6-5-15-13(14-3)17-8-11-7-16-10(2)21-11/h7,9H,4-6,8H2,1-3H3,(H2,14,15,17). The van der Waals surface area contributed by atoms with Crippen molar-refractivity contribution in [2.45, 2.75) is 33.4 Å². The van der Waals surface area contributed by atoms with Gasteiger partial charge in [-0.15, -0.1) is 21.5 Å². The molecule has 2 heterocycles. The van der Waals surface area contributed by atoms with Crippen LogP contribution in [0.25, 0.3) is 0 Å². The lowest BCUT2D eigenvalue weighted by Crippen LogP contribution is -2.38. The van der Waals surface area contributed by atoms with Crippen molar-refractivity contribution in [3.63, 3.8) is 0 Å². The fraction of sp³-hybridized carbons (Fsp3) is 0.538. The molecule has 0 saturated heterocycles. The molecule has 0 atom stereocenters. The summed E-state index contributed by atoms with van der Waals surface area (Å²) in [5.74, 6) is 1.78. The van der Waals surface area contributed by atoms with Crippen LogP contribution in [-0.4, -0.2) is 39.3 Å². The third kappa shape index (κ3) is 4.52. The molecule has 0 aliphatic heterocycles. The molecule has 114 valence electrons. The predicted octanol–water partition coefficient (Wildman–Crippen LogP) is 0.971. The molecule has 0 aliphatic carbocycles. The molecule has 0 aromatic carbocycles. The van der Waals surface area contributed by atoms with Crippen LogP contribution in [0.4, 0.5) is 0 Å². The van der Waals surface area contributed by atoms with Crippen molar-refractivity contribution in [1.82, 2.24) is 30.4 Å². The maximum absolute atomic E-state index is 4.24. The van der Waals surface area contributed by atoms with Gasteiger partial charge < -0.3 is 15.2 Å². The summed E-state index contributed by atoms with van der Waals surface area (Å²) in [5, 5.41) is 15.6. The second-order valence-corrected chi connectivity index (χ2v) is 5.81. The zero-order valence-corrected chi connectivity index (χ0v) is 13.4. The smallest absolute Gasteiger partial charge is 0.191 e. The van der Waals surface area contributed by atoms with Crippen molar-refractivity contribution < 1.29 is 0 Å². The van der Waals surface area contributed by atoms with Gasteiger partial charge in [0.1, 0.15) is 12.2 Å². The highest BCUT2D eigenvalue weighted by atomic mass is 32.1. The molecule has 8 heteroatoms. The van der Waals surface area contributed by atoms with Crippen LogP contribution < -0.4 is 10.6 Å². The van der Waals surface area contributed by atoms with Gasteiger partial charge in [0.2, 0.25) is 0 Å². The van der Waals surface area contributed by atoms with E-state index in [0.29, 0.717) is 0 Å². The number of rotatable bonds is 6. The lowest BCUT2D eigenvalue weighted by Gasteiger charge is -2.11. The number of nitrogens with zero attached hydrogens (tertiary/aromatic N) is 5. The Kier molecular flexibility index (Phi) is 5.68. The van der Waals surface area contributed by atoms with Crippen LogP contribution in [0.5, 0.6) is 0 Å². The van der Waals surface area contributed by atoms with Gasteiger partial charge in [-0.3, -0.25) is 4.99 Å². The van der Waals surface area contributed by atoms with E-state index in [-0.39, 0.29) is 0 Å². The molecule has 0 saturated carbocycles. The zero-order chi connectivity index (χ0) is 15.1. The van der Waals surface area contributed by atoms with E-state index < -0.39 is 0 Å². The summed E-state index contributed by atoms with van der Waals surface area (Å²) >= 11 is 1.69. The molecule has 0 spiro atoms. The average molecular weight is 307 g/mol. The monoisotopic (exact) mass is 307 g/mol. The van der Waals surface area contributed by atoms with E-state index in [1.54, 1.807) is 24.7 Å². The predicted molar refractivity (Wildman–Crippen MR) is 84.5 cm³/mol. The van der Waals surface area contributed by atoms with Gasteiger partial charge in [-0.1, -0.05) is 6.92 Å². The number of aromatic nitrogens is 4. The molecular weight excluding hydrogens is 286 g/mol. The average Bonchev–Trinajstić information content (AvgIpc) is 3.11. The van der Waals surface area contributed by atoms with Gasteiger partial charge in [0.05, 0.1) is 11.6 Å². The highest BCUT2D eigenvalue weighted by molar-refractivity contribution is 7.11. The molecule has 0 unspecified atom stereocenters. The third-order valence-electron chi connectivity index (χ3n) is 2.98. The number of hydrogen-bond donors (Lipinski definition) is 2. The van der Waals surface area contributed by atoms with Crippen LogP contribution in [-0.2, 0) is 19.5 Å². The maximum atomic E-state index is 4.24. The quantitative estimate of drug-likeness (QED) is 0.614. The van der Waals surface area contributed by atoms with Crippen LogP contribution in [0, 0.1) is 6.92 Å². The summed E-state index contributed by atoms with van der Waals surface area (Å²) in [4.78, 5) is 9.64. The number of guanidine groups is 1. The van der Waals surface area contributed by atoms with Crippen molar-refractivity contribution >= 4 is 17.3 Å². The molecule has 2 aromatic heterocycles. The van der Waals surface area contributed by atoms with Gasteiger partial charge in [0.25, 0.3) is 0 Å². The summed E-state index contributed by atoms with van der Waals surface area (Å²) in [6, 6.07) is 0. The SMILES string of the molecule is CCc1nncn1CCNC(=NC)NCc1cnc(C)s1. The summed E-state index contributed by atoms with van der Waals surface area (Å²) in [6.45, 7) is 6.40. The Balaban J connectivity index is 1.75. The fourth-order valence-corrected chi connectivity index (χ4v) is 2.65. The third-order valence-corrected chi connectivity index (χ3v) is 3.89. The molecule has 0 amide bonds. The van der Waals surface area contributed by atoms with Gasteiger partial charge in [-0.25, -0.2) is 4.98 Å². The van der Waals surface area contributed by atoms with Gasteiger partial charge in [0.15, 0.2) is 5.96 Å². The summed E-state index contributed by atoms with van der Waals surface area (Å²) in [7, 11) is 1.77. The minimum atomic E-state index is 0.734. The normalized spacial score (nSPS) is 11.7. The first kappa shape index (κ1) is 15.4. The number of thiazole rings is 1. The van der Waals surface area contributed by atoms with Crippen molar-refractivity contribution in [2.75, 3.05) is 13.6 Å². The minimum Gasteiger partial charge on any atom is -0.355 e. The van der Waals surface area contributed by atoms with E-state index in [9.17, 15) is 0 Å². The summed E-state index contributed by atoms with van der Waals surface area (Å²) < 4.78 is 2.05. The van der Waals surface area contributed by atoms with Crippen LogP contribution in [0.15, 0.2) is 17.5 Å². The minimum absolute atomic E-state index is 0.734. The maximum Gasteiger partial charge on any atom is 0.191 e. The summed E-state index contributed by atoms with van der Waals surface area (Å²) in [5.41, 5.74) is 0. The molecule has 21 heavy (non-hydrogen) atoms. The second kappa shape index (κ2) is 7.72. The molecular formula is C13H21N7S. The van der Waals surface area contributed by atoms with Crippen molar-refractivity contribution in [1.29, 1.82) is 0 Å².